The van der Waals surface area contributed by atoms with Crippen molar-refractivity contribution in [1.29, 1.82) is 0 Å². The average molecular weight is 210 g/mol. The van der Waals surface area contributed by atoms with Crippen molar-refractivity contribution in [3.8, 4) is 11.5 Å². The maximum atomic E-state index is 5.72. The molecule has 2 aromatic heterocycles. The number of fused-ring (bicyclic) bond motifs is 1. The van der Waals surface area contributed by atoms with Gasteiger partial charge in [-0.15, -0.1) is 0 Å². The molecule has 2 heterocycles. The van der Waals surface area contributed by atoms with E-state index in [4.69, 9.17) is 4.42 Å². The van der Waals surface area contributed by atoms with E-state index in [2.05, 4.69) is 9.97 Å². The van der Waals surface area contributed by atoms with Gasteiger partial charge in [-0.2, -0.15) is 0 Å². The number of aryl methyl sites for hydroxylation is 1. The predicted molar refractivity (Wildman–Crippen MR) is 62.0 cm³/mol. The van der Waals surface area contributed by atoms with Gasteiger partial charge in [-0.05, 0) is 25.1 Å². The molecule has 0 fully saturated rings. The summed E-state index contributed by atoms with van der Waals surface area (Å²) in [5.41, 5.74) is 1.71. The zero-order chi connectivity index (χ0) is 11.0. The molecule has 0 N–H and O–H groups in total. The number of hydrogen-bond acceptors (Lipinski definition) is 3. The number of hydrogen-bond donors (Lipinski definition) is 0. The van der Waals surface area contributed by atoms with Crippen LogP contribution in [-0.2, 0) is 0 Å². The normalized spacial score (nSPS) is 10.8. The third kappa shape index (κ3) is 1.46. The lowest BCUT2D eigenvalue weighted by Gasteiger charge is -1.95. The third-order valence-electron chi connectivity index (χ3n) is 2.45. The van der Waals surface area contributed by atoms with Crippen molar-refractivity contribution in [3.05, 3.63) is 48.4 Å². The first-order valence-electron chi connectivity index (χ1n) is 5.11. The fraction of sp³-hybridized carbons (Fsp3) is 0.0769. The minimum Gasteiger partial charge on any atom is -0.454 e. The molecule has 0 atom stereocenters. The van der Waals surface area contributed by atoms with E-state index in [1.807, 2.05) is 43.3 Å². The number of rotatable bonds is 1. The molecule has 0 radical (unpaired) electrons. The summed E-state index contributed by atoms with van der Waals surface area (Å²) in [5, 5.41) is 1.09. The number of benzene rings is 1. The molecular formula is C13H10N2O. The van der Waals surface area contributed by atoms with Crippen molar-refractivity contribution in [3.63, 3.8) is 0 Å². The van der Waals surface area contributed by atoms with Gasteiger partial charge >= 0.3 is 0 Å². The van der Waals surface area contributed by atoms with Crippen LogP contribution in [0.2, 0.25) is 0 Å². The molecule has 0 saturated carbocycles. The Morgan fingerprint density at radius 2 is 2.00 bits per heavy atom. The van der Waals surface area contributed by atoms with Crippen molar-refractivity contribution >= 4 is 11.0 Å². The van der Waals surface area contributed by atoms with Gasteiger partial charge in [0, 0.05) is 11.6 Å². The highest BCUT2D eigenvalue weighted by molar-refractivity contribution is 5.81. The van der Waals surface area contributed by atoms with Crippen LogP contribution in [0.5, 0.6) is 0 Å². The van der Waals surface area contributed by atoms with Crippen LogP contribution >= 0.6 is 0 Å². The molecule has 0 saturated heterocycles. The van der Waals surface area contributed by atoms with Gasteiger partial charge < -0.3 is 4.42 Å². The maximum Gasteiger partial charge on any atom is 0.153 e. The van der Waals surface area contributed by atoms with E-state index in [9.17, 15) is 0 Å². The summed E-state index contributed by atoms with van der Waals surface area (Å²) in [6.45, 7) is 1.87. The van der Waals surface area contributed by atoms with Crippen molar-refractivity contribution in [2.24, 2.45) is 0 Å². The molecule has 0 aliphatic rings. The topological polar surface area (TPSA) is 38.9 Å². The van der Waals surface area contributed by atoms with E-state index in [1.165, 1.54) is 0 Å². The Kier molecular flexibility index (Phi) is 1.96. The van der Waals surface area contributed by atoms with Gasteiger partial charge in [0.1, 0.15) is 17.1 Å². The van der Waals surface area contributed by atoms with Gasteiger partial charge in [0.05, 0.1) is 0 Å². The van der Waals surface area contributed by atoms with Crippen molar-refractivity contribution in [2.75, 3.05) is 0 Å². The van der Waals surface area contributed by atoms with Gasteiger partial charge in [0.2, 0.25) is 0 Å². The summed E-state index contributed by atoms with van der Waals surface area (Å²) in [6, 6.07) is 11.8. The summed E-state index contributed by atoms with van der Waals surface area (Å²) in [7, 11) is 0. The molecular weight excluding hydrogens is 200 g/mol. The molecule has 3 nitrogen and oxygen atoms in total. The maximum absolute atomic E-state index is 5.72. The monoisotopic (exact) mass is 210 g/mol. The molecule has 1 aromatic carbocycles. The van der Waals surface area contributed by atoms with E-state index in [1.54, 1.807) is 6.20 Å². The van der Waals surface area contributed by atoms with E-state index in [-0.39, 0.29) is 0 Å². The van der Waals surface area contributed by atoms with Crippen LogP contribution in [-0.4, -0.2) is 9.97 Å². The van der Waals surface area contributed by atoms with Crippen molar-refractivity contribution in [1.82, 2.24) is 9.97 Å². The van der Waals surface area contributed by atoms with Crippen LogP contribution in [0.15, 0.2) is 47.0 Å². The lowest BCUT2D eigenvalue weighted by molar-refractivity contribution is 0.628. The Balaban J connectivity index is 2.19. The number of furan rings is 1. The van der Waals surface area contributed by atoms with E-state index in [0.717, 1.165) is 28.2 Å². The second-order valence-electron chi connectivity index (χ2n) is 3.64. The second-order valence-corrected chi connectivity index (χ2v) is 3.64. The lowest BCUT2D eigenvalue weighted by Crippen LogP contribution is -1.87. The summed E-state index contributed by atoms with van der Waals surface area (Å²) >= 11 is 0. The Morgan fingerprint density at radius 3 is 2.81 bits per heavy atom. The van der Waals surface area contributed by atoms with Gasteiger partial charge in [-0.1, -0.05) is 18.2 Å². The second kappa shape index (κ2) is 3.45. The van der Waals surface area contributed by atoms with Gasteiger partial charge in [0.25, 0.3) is 0 Å². The predicted octanol–water partition coefficient (Wildman–Crippen LogP) is 3.20. The SMILES string of the molecule is Cc1nccc(-c2cc3ccccc3o2)n1. The quantitative estimate of drug-likeness (QED) is 0.619. The number of nitrogens with zero attached hydrogens (tertiary/aromatic N) is 2. The molecule has 3 heteroatoms. The number of aromatic nitrogens is 2. The minimum absolute atomic E-state index is 0.748. The largest absolute Gasteiger partial charge is 0.454 e. The molecule has 78 valence electrons. The average Bonchev–Trinajstić information content (AvgIpc) is 2.72. The van der Waals surface area contributed by atoms with Crippen molar-refractivity contribution < 1.29 is 4.42 Å². The van der Waals surface area contributed by atoms with Crippen LogP contribution in [0.25, 0.3) is 22.4 Å². The summed E-state index contributed by atoms with van der Waals surface area (Å²) in [6.07, 6.45) is 1.74. The third-order valence-corrected chi connectivity index (χ3v) is 2.45. The molecule has 16 heavy (non-hydrogen) atoms. The van der Waals surface area contributed by atoms with Crippen LogP contribution in [0, 0.1) is 6.92 Å². The summed E-state index contributed by atoms with van der Waals surface area (Å²) in [5.74, 6) is 1.53. The molecule has 0 aliphatic heterocycles. The summed E-state index contributed by atoms with van der Waals surface area (Å²) < 4.78 is 5.72. The first-order chi connectivity index (χ1) is 7.83. The van der Waals surface area contributed by atoms with Gasteiger partial charge in [0.15, 0.2) is 5.76 Å². The lowest BCUT2D eigenvalue weighted by atomic mass is 10.2. The van der Waals surface area contributed by atoms with E-state index in [0.29, 0.717) is 0 Å². The molecule has 0 aliphatic carbocycles. The van der Waals surface area contributed by atoms with Crippen molar-refractivity contribution in [2.45, 2.75) is 6.92 Å². The fourth-order valence-electron chi connectivity index (χ4n) is 1.70. The number of para-hydroxylation sites is 1. The summed E-state index contributed by atoms with van der Waals surface area (Å²) in [4.78, 5) is 8.40. The van der Waals surface area contributed by atoms with Crippen LogP contribution in [0.3, 0.4) is 0 Å². The first-order valence-corrected chi connectivity index (χ1v) is 5.11. The van der Waals surface area contributed by atoms with Crippen LogP contribution < -0.4 is 0 Å². The highest BCUT2D eigenvalue weighted by atomic mass is 16.3. The van der Waals surface area contributed by atoms with Crippen LogP contribution in [0.1, 0.15) is 5.82 Å². The Labute approximate surface area is 92.8 Å². The molecule has 3 rings (SSSR count). The zero-order valence-corrected chi connectivity index (χ0v) is 8.84. The first kappa shape index (κ1) is 9.09. The molecule has 0 spiro atoms. The van der Waals surface area contributed by atoms with E-state index >= 15 is 0 Å². The smallest absolute Gasteiger partial charge is 0.153 e. The minimum atomic E-state index is 0.748. The standard InChI is InChI=1S/C13H10N2O/c1-9-14-7-6-11(15-9)13-8-10-4-2-3-5-12(10)16-13/h2-8H,1H3. The van der Waals surface area contributed by atoms with Gasteiger partial charge in [-0.3, -0.25) is 0 Å². The Hall–Kier alpha value is -2.16. The molecule has 0 unspecified atom stereocenters. The zero-order valence-electron chi connectivity index (χ0n) is 8.84. The van der Waals surface area contributed by atoms with E-state index < -0.39 is 0 Å². The Morgan fingerprint density at radius 1 is 1.12 bits per heavy atom. The fourth-order valence-corrected chi connectivity index (χ4v) is 1.70. The molecule has 0 amide bonds. The Bertz CT molecular complexity index is 610. The van der Waals surface area contributed by atoms with Crippen LogP contribution in [0.4, 0.5) is 0 Å². The highest BCUT2D eigenvalue weighted by Crippen LogP contribution is 2.25. The van der Waals surface area contributed by atoms with Gasteiger partial charge in [-0.25, -0.2) is 9.97 Å². The molecule has 0 bridgehead atoms. The molecule has 3 aromatic rings. The highest BCUT2D eigenvalue weighted by Gasteiger charge is 2.06.